The number of aromatic nitrogens is 2. The zero-order valence-electron chi connectivity index (χ0n) is 33.0. The topological polar surface area (TPSA) is 118 Å². The molecule has 1 unspecified atom stereocenters. The summed E-state index contributed by atoms with van der Waals surface area (Å²) in [4.78, 5) is 39.8. The van der Waals surface area contributed by atoms with E-state index in [0.29, 0.717) is 37.6 Å². The minimum atomic E-state index is -0.738. The van der Waals surface area contributed by atoms with E-state index in [1.807, 2.05) is 62.1 Å². The average molecular weight is 737 g/mol. The lowest BCUT2D eigenvalue weighted by Crippen LogP contribution is -2.35. The number of nitrogens with one attached hydrogen (secondary N) is 2. The van der Waals surface area contributed by atoms with Crippen molar-refractivity contribution in [2.45, 2.75) is 73.6 Å². The Morgan fingerprint density at radius 3 is 2.46 bits per heavy atom. The summed E-state index contributed by atoms with van der Waals surface area (Å²) in [5, 5.41) is 6.13. The Morgan fingerprint density at radius 1 is 0.944 bits per heavy atom. The van der Waals surface area contributed by atoms with Gasteiger partial charge in [-0.2, -0.15) is 4.98 Å². The standard InChI is InChI=1S/C43H56N6O5/c1-8-49(9-2)41(50)30(4)25-33-26-37(36-18-17-29(3)31(5)32(36)6)40(38(27-33)52-7)47-43(51)54-39-19-20-44-42(46-39)45-34-15-13-16-35(28-34)53-24-14-23-48-21-11-10-12-22-48/h13,15-20,26-28,30H,8-12,14,21-25H2,1-7H3,(H,47,51)(H,44,45,46). The lowest BCUT2D eigenvalue weighted by molar-refractivity contribution is -0.134. The molecule has 3 aromatic carbocycles. The van der Waals surface area contributed by atoms with Crippen molar-refractivity contribution >= 4 is 29.3 Å². The number of anilines is 3. The predicted octanol–water partition coefficient (Wildman–Crippen LogP) is 8.73. The van der Waals surface area contributed by atoms with E-state index in [4.69, 9.17) is 14.2 Å². The van der Waals surface area contributed by atoms with E-state index >= 15 is 0 Å². The summed E-state index contributed by atoms with van der Waals surface area (Å²) in [6.07, 6.45) is 6.18. The van der Waals surface area contributed by atoms with E-state index in [0.717, 1.165) is 52.2 Å². The molecule has 1 atom stereocenters. The lowest BCUT2D eigenvalue weighted by atomic mass is 9.90. The first kappa shape index (κ1) is 40.0. The molecule has 1 saturated heterocycles. The second-order valence-corrected chi connectivity index (χ2v) is 14.0. The van der Waals surface area contributed by atoms with Crippen molar-refractivity contribution in [3.8, 4) is 28.5 Å². The van der Waals surface area contributed by atoms with Crippen LogP contribution in [0.5, 0.6) is 17.4 Å². The van der Waals surface area contributed by atoms with Gasteiger partial charge in [0.1, 0.15) is 11.5 Å². The van der Waals surface area contributed by atoms with Crippen LogP contribution in [0.15, 0.2) is 60.8 Å². The maximum absolute atomic E-state index is 13.5. The average Bonchev–Trinajstić information content (AvgIpc) is 3.17. The van der Waals surface area contributed by atoms with Gasteiger partial charge >= 0.3 is 6.09 Å². The van der Waals surface area contributed by atoms with Gasteiger partial charge in [-0.1, -0.05) is 31.5 Å². The summed E-state index contributed by atoms with van der Waals surface area (Å²) in [7, 11) is 1.56. The van der Waals surface area contributed by atoms with Crippen molar-refractivity contribution < 1.29 is 23.8 Å². The molecule has 0 radical (unpaired) electrons. The lowest BCUT2D eigenvalue weighted by Gasteiger charge is -2.26. The Morgan fingerprint density at radius 2 is 1.72 bits per heavy atom. The van der Waals surface area contributed by atoms with Gasteiger partial charge in [0.05, 0.1) is 19.4 Å². The van der Waals surface area contributed by atoms with Gasteiger partial charge in [-0.3, -0.25) is 10.1 Å². The third-order valence-corrected chi connectivity index (χ3v) is 10.2. The highest BCUT2D eigenvalue weighted by Crippen LogP contribution is 2.40. The Kier molecular flexibility index (Phi) is 14.3. The normalized spacial score (nSPS) is 13.5. The van der Waals surface area contributed by atoms with Crippen molar-refractivity contribution in [3.63, 3.8) is 0 Å². The summed E-state index contributed by atoms with van der Waals surface area (Å²) in [6, 6.07) is 17.2. The maximum Gasteiger partial charge on any atom is 0.418 e. The summed E-state index contributed by atoms with van der Waals surface area (Å²) in [5.74, 6) is 1.41. The third kappa shape index (κ3) is 10.5. The number of nitrogens with zero attached hydrogens (tertiary/aromatic N) is 4. The van der Waals surface area contributed by atoms with Crippen LogP contribution >= 0.6 is 0 Å². The van der Waals surface area contributed by atoms with Crippen molar-refractivity contribution in [1.82, 2.24) is 19.8 Å². The minimum Gasteiger partial charge on any atom is -0.495 e. The molecule has 11 nitrogen and oxygen atoms in total. The number of amides is 2. The van der Waals surface area contributed by atoms with Crippen LogP contribution in [0.25, 0.3) is 11.1 Å². The number of hydrogen-bond acceptors (Lipinski definition) is 9. The molecule has 1 aliphatic heterocycles. The van der Waals surface area contributed by atoms with Crippen LogP contribution < -0.4 is 24.8 Å². The Labute approximate surface area is 320 Å². The number of rotatable bonds is 16. The van der Waals surface area contributed by atoms with Crippen LogP contribution in [0.1, 0.15) is 68.7 Å². The SMILES string of the molecule is CCN(CC)C(=O)C(C)Cc1cc(OC)c(NC(=O)Oc2ccnc(Nc3cccc(OCCCN4CCCCC4)c3)n2)c(-c2ccc(C)c(C)c2C)c1. The first-order valence-electron chi connectivity index (χ1n) is 19.2. The third-order valence-electron chi connectivity index (χ3n) is 10.2. The van der Waals surface area contributed by atoms with Gasteiger partial charge in [-0.15, -0.1) is 0 Å². The van der Waals surface area contributed by atoms with Crippen LogP contribution in [0, 0.1) is 26.7 Å². The van der Waals surface area contributed by atoms with Crippen LogP contribution in [-0.4, -0.2) is 78.2 Å². The van der Waals surface area contributed by atoms with Gasteiger partial charge in [0.15, 0.2) is 0 Å². The fourth-order valence-corrected chi connectivity index (χ4v) is 6.96. The molecule has 2 heterocycles. The number of likely N-dealkylation sites (tertiary alicyclic amines) is 1. The Hall–Kier alpha value is -5.16. The van der Waals surface area contributed by atoms with Crippen molar-refractivity contribution in [3.05, 3.63) is 83.0 Å². The molecule has 0 saturated carbocycles. The Bertz CT molecular complexity index is 1890. The molecule has 1 aliphatic rings. The molecular weight excluding hydrogens is 681 g/mol. The van der Waals surface area contributed by atoms with E-state index in [1.54, 1.807) is 7.11 Å². The zero-order valence-corrected chi connectivity index (χ0v) is 33.0. The molecule has 1 fully saturated rings. The second-order valence-electron chi connectivity index (χ2n) is 14.0. The maximum atomic E-state index is 13.5. The fraction of sp³-hybridized carbons (Fsp3) is 0.442. The number of piperidine rings is 1. The number of ether oxygens (including phenoxy) is 3. The molecule has 0 bridgehead atoms. The zero-order chi connectivity index (χ0) is 38.6. The van der Waals surface area contributed by atoms with E-state index in [-0.39, 0.29) is 23.7 Å². The number of benzene rings is 3. The molecule has 4 aromatic rings. The molecule has 11 heteroatoms. The summed E-state index contributed by atoms with van der Waals surface area (Å²) < 4.78 is 17.6. The Balaban J connectivity index is 1.31. The van der Waals surface area contributed by atoms with E-state index in [1.165, 1.54) is 50.2 Å². The number of hydrogen-bond donors (Lipinski definition) is 2. The number of aryl methyl sites for hydroxylation is 1. The van der Waals surface area contributed by atoms with E-state index in [9.17, 15) is 9.59 Å². The van der Waals surface area contributed by atoms with Gasteiger partial charge in [0.25, 0.3) is 0 Å². The molecular formula is C43H56N6O5. The van der Waals surface area contributed by atoms with Crippen LogP contribution in [-0.2, 0) is 11.2 Å². The fourth-order valence-electron chi connectivity index (χ4n) is 6.96. The quantitative estimate of drug-likeness (QED) is 0.109. The summed E-state index contributed by atoms with van der Waals surface area (Å²) in [6.45, 7) is 17.5. The number of methoxy groups -OCH3 is 1. The smallest absolute Gasteiger partial charge is 0.418 e. The van der Waals surface area contributed by atoms with Gasteiger partial charge in [0, 0.05) is 55.1 Å². The molecule has 2 N–H and O–H groups in total. The van der Waals surface area contributed by atoms with Gasteiger partial charge in [-0.05, 0) is 125 Å². The van der Waals surface area contributed by atoms with Gasteiger partial charge < -0.3 is 29.3 Å². The molecule has 0 aliphatic carbocycles. The van der Waals surface area contributed by atoms with Crippen molar-refractivity contribution in [1.29, 1.82) is 0 Å². The first-order valence-corrected chi connectivity index (χ1v) is 19.2. The second kappa shape index (κ2) is 19.3. The number of carbonyl (C=O) groups is 2. The molecule has 2 amide bonds. The number of carbonyl (C=O) groups excluding carboxylic acids is 2. The first-order chi connectivity index (χ1) is 26.1. The van der Waals surface area contributed by atoms with Crippen molar-refractivity contribution in [2.24, 2.45) is 5.92 Å². The molecule has 288 valence electrons. The molecule has 5 rings (SSSR count). The van der Waals surface area contributed by atoms with Gasteiger partial charge in [-0.25, -0.2) is 9.78 Å². The highest BCUT2D eigenvalue weighted by atomic mass is 16.6. The van der Waals surface area contributed by atoms with Crippen molar-refractivity contribution in [2.75, 3.05) is 57.1 Å². The molecule has 54 heavy (non-hydrogen) atoms. The van der Waals surface area contributed by atoms with E-state index in [2.05, 4.69) is 58.4 Å². The minimum absolute atomic E-state index is 0.0679. The molecule has 1 aromatic heterocycles. The van der Waals surface area contributed by atoms with Crippen LogP contribution in [0.2, 0.25) is 0 Å². The monoisotopic (exact) mass is 736 g/mol. The highest BCUT2D eigenvalue weighted by Gasteiger charge is 2.23. The van der Waals surface area contributed by atoms with Crippen LogP contribution in [0.4, 0.5) is 22.1 Å². The summed E-state index contributed by atoms with van der Waals surface area (Å²) >= 11 is 0. The van der Waals surface area contributed by atoms with E-state index < -0.39 is 6.09 Å². The highest BCUT2D eigenvalue weighted by molar-refractivity contribution is 5.96. The van der Waals surface area contributed by atoms with Crippen LogP contribution in [0.3, 0.4) is 0 Å². The predicted molar refractivity (Wildman–Crippen MR) is 215 cm³/mol. The largest absolute Gasteiger partial charge is 0.495 e. The summed E-state index contributed by atoms with van der Waals surface area (Å²) in [5.41, 5.74) is 7.24. The van der Waals surface area contributed by atoms with Gasteiger partial charge in [0.2, 0.25) is 17.7 Å². The molecule has 0 spiro atoms.